The van der Waals surface area contributed by atoms with Crippen LogP contribution in [0, 0.1) is 6.92 Å². The topological polar surface area (TPSA) is 78.9 Å². The lowest BCUT2D eigenvalue weighted by Crippen LogP contribution is -2.41. The molecule has 1 unspecified atom stereocenters. The molecule has 0 aromatic carbocycles. The number of aliphatic hydroxyl groups excluding tert-OH is 1. The van der Waals surface area contributed by atoms with Crippen LogP contribution in [0.1, 0.15) is 55.4 Å². The number of hydrogen-bond acceptors (Lipinski definition) is 6. The zero-order valence-corrected chi connectivity index (χ0v) is 16.8. The van der Waals surface area contributed by atoms with E-state index in [0.29, 0.717) is 30.1 Å². The number of ether oxygens (including phenoxy) is 1. The van der Waals surface area contributed by atoms with Crippen LogP contribution in [0.25, 0.3) is 0 Å². The number of carbonyl (C=O) groups is 2. The van der Waals surface area contributed by atoms with Gasteiger partial charge in [-0.2, -0.15) is 0 Å². The van der Waals surface area contributed by atoms with Gasteiger partial charge in [-0.25, -0.2) is 4.79 Å². The van der Waals surface area contributed by atoms with Crippen molar-refractivity contribution in [2.45, 2.75) is 60.1 Å². The maximum Gasteiger partial charge on any atom is 0.341 e. The van der Waals surface area contributed by atoms with Crippen molar-refractivity contribution in [3.63, 3.8) is 0 Å². The van der Waals surface area contributed by atoms with Crippen molar-refractivity contribution < 1.29 is 19.4 Å². The van der Waals surface area contributed by atoms with Gasteiger partial charge in [0.15, 0.2) is 0 Å². The highest BCUT2D eigenvalue weighted by Crippen LogP contribution is 2.34. The van der Waals surface area contributed by atoms with Gasteiger partial charge < -0.3 is 15.2 Å². The molecule has 0 aliphatic rings. The molecule has 0 aliphatic carbocycles. The highest BCUT2D eigenvalue weighted by molar-refractivity contribution is 7.16. The quantitative estimate of drug-likeness (QED) is 0.654. The SMILES string of the molecule is CCOC(=O)c1c(NC(=O)CN(CC(C)O)C(C)C)sc(C)c1CC. The molecule has 0 bridgehead atoms. The summed E-state index contributed by atoms with van der Waals surface area (Å²) in [4.78, 5) is 27.7. The van der Waals surface area contributed by atoms with Crippen LogP contribution in [0.4, 0.5) is 5.00 Å². The number of nitrogens with zero attached hydrogens (tertiary/aromatic N) is 1. The maximum atomic E-state index is 12.5. The molecule has 1 heterocycles. The number of esters is 1. The summed E-state index contributed by atoms with van der Waals surface area (Å²) in [5, 5.41) is 13.0. The van der Waals surface area contributed by atoms with Crippen LogP contribution < -0.4 is 5.32 Å². The smallest absolute Gasteiger partial charge is 0.341 e. The molecule has 1 aromatic heterocycles. The van der Waals surface area contributed by atoms with E-state index in [2.05, 4.69) is 5.32 Å². The minimum absolute atomic E-state index is 0.126. The molecule has 1 rings (SSSR count). The van der Waals surface area contributed by atoms with E-state index in [0.717, 1.165) is 10.4 Å². The molecule has 142 valence electrons. The fraction of sp³-hybridized carbons (Fsp3) is 0.667. The average molecular weight is 371 g/mol. The van der Waals surface area contributed by atoms with E-state index < -0.39 is 12.1 Å². The predicted octanol–water partition coefficient (Wildman–Crippen LogP) is 2.83. The summed E-state index contributed by atoms with van der Waals surface area (Å²) < 4.78 is 5.15. The lowest BCUT2D eigenvalue weighted by molar-refractivity contribution is -0.118. The molecule has 0 radical (unpaired) electrons. The van der Waals surface area contributed by atoms with Crippen LogP contribution in [-0.4, -0.2) is 53.7 Å². The van der Waals surface area contributed by atoms with E-state index in [1.807, 2.05) is 32.6 Å². The summed E-state index contributed by atoms with van der Waals surface area (Å²) in [6.45, 7) is 12.2. The van der Waals surface area contributed by atoms with Crippen molar-refractivity contribution in [2.24, 2.45) is 0 Å². The highest BCUT2D eigenvalue weighted by atomic mass is 32.1. The third kappa shape index (κ3) is 6.09. The molecule has 1 atom stereocenters. The Hall–Kier alpha value is -1.44. The van der Waals surface area contributed by atoms with Crippen molar-refractivity contribution in [3.8, 4) is 0 Å². The summed E-state index contributed by atoms with van der Waals surface area (Å²) in [5.41, 5.74) is 1.38. The van der Waals surface area contributed by atoms with Crippen LogP contribution in [-0.2, 0) is 16.0 Å². The van der Waals surface area contributed by atoms with E-state index in [9.17, 15) is 14.7 Å². The molecule has 25 heavy (non-hydrogen) atoms. The molecule has 2 N–H and O–H groups in total. The van der Waals surface area contributed by atoms with Crippen LogP contribution >= 0.6 is 11.3 Å². The third-order valence-corrected chi connectivity index (χ3v) is 4.93. The Balaban J connectivity index is 2.97. The number of thiophene rings is 1. The van der Waals surface area contributed by atoms with Crippen molar-refractivity contribution in [3.05, 3.63) is 16.0 Å². The maximum absolute atomic E-state index is 12.5. The van der Waals surface area contributed by atoms with Gasteiger partial charge >= 0.3 is 5.97 Å². The van der Waals surface area contributed by atoms with Crippen molar-refractivity contribution in [1.82, 2.24) is 4.90 Å². The Bertz CT molecular complexity index is 596. The molecule has 0 fully saturated rings. The second-order valence-corrected chi connectivity index (χ2v) is 7.56. The van der Waals surface area contributed by atoms with Gasteiger partial charge in [-0.15, -0.1) is 11.3 Å². The van der Waals surface area contributed by atoms with Gasteiger partial charge in [0.1, 0.15) is 5.00 Å². The minimum atomic E-state index is -0.513. The summed E-state index contributed by atoms with van der Waals surface area (Å²) in [5.74, 6) is -0.604. The summed E-state index contributed by atoms with van der Waals surface area (Å²) >= 11 is 1.40. The zero-order valence-electron chi connectivity index (χ0n) is 16.0. The standard InChI is InChI=1S/C18H30N2O4S/c1-7-14-13(6)25-17(16(14)18(23)24-8-2)19-15(22)10-20(11(3)4)9-12(5)21/h11-12,21H,7-10H2,1-6H3,(H,19,22). The first-order valence-electron chi connectivity index (χ1n) is 8.72. The normalized spacial score (nSPS) is 12.5. The van der Waals surface area contributed by atoms with Crippen molar-refractivity contribution >= 4 is 28.2 Å². The average Bonchev–Trinajstić information content (AvgIpc) is 2.81. The van der Waals surface area contributed by atoms with E-state index in [1.54, 1.807) is 13.8 Å². The van der Waals surface area contributed by atoms with Gasteiger partial charge in [-0.3, -0.25) is 9.69 Å². The minimum Gasteiger partial charge on any atom is -0.462 e. The molecule has 0 saturated heterocycles. The monoisotopic (exact) mass is 370 g/mol. The lowest BCUT2D eigenvalue weighted by Gasteiger charge is -2.26. The highest BCUT2D eigenvalue weighted by Gasteiger charge is 2.24. The third-order valence-electron chi connectivity index (χ3n) is 3.87. The Labute approximate surface area is 154 Å². The largest absolute Gasteiger partial charge is 0.462 e. The molecule has 0 spiro atoms. The zero-order chi connectivity index (χ0) is 19.1. The lowest BCUT2D eigenvalue weighted by atomic mass is 10.1. The Morgan fingerprint density at radius 3 is 2.40 bits per heavy atom. The van der Waals surface area contributed by atoms with Gasteiger partial charge in [-0.05, 0) is 46.6 Å². The van der Waals surface area contributed by atoms with Gasteiger partial charge in [0, 0.05) is 17.5 Å². The number of aryl methyl sites for hydroxylation is 1. The second-order valence-electron chi connectivity index (χ2n) is 6.34. The number of nitrogens with one attached hydrogen (secondary N) is 1. The van der Waals surface area contributed by atoms with Crippen molar-refractivity contribution in [1.29, 1.82) is 0 Å². The summed E-state index contributed by atoms with van der Waals surface area (Å²) in [7, 11) is 0. The molecular formula is C18H30N2O4S. The van der Waals surface area contributed by atoms with Gasteiger partial charge in [-0.1, -0.05) is 6.92 Å². The summed E-state index contributed by atoms with van der Waals surface area (Å²) in [6, 6.07) is 0.126. The molecule has 0 saturated carbocycles. The van der Waals surface area contributed by atoms with Crippen LogP contribution in [0.15, 0.2) is 0 Å². The van der Waals surface area contributed by atoms with E-state index in [4.69, 9.17) is 4.74 Å². The van der Waals surface area contributed by atoms with Crippen molar-refractivity contribution in [2.75, 3.05) is 25.0 Å². The first kappa shape index (κ1) is 21.6. The second kappa shape index (κ2) is 9.89. The molecule has 1 amide bonds. The molecule has 1 aromatic rings. The number of anilines is 1. The van der Waals surface area contributed by atoms with Crippen LogP contribution in [0.3, 0.4) is 0 Å². The number of rotatable bonds is 9. The molecular weight excluding hydrogens is 340 g/mol. The van der Waals surface area contributed by atoms with E-state index in [-0.39, 0.29) is 18.5 Å². The molecule has 0 aliphatic heterocycles. The molecule has 7 heteroatoms. The Morgan fingerprint density at radius 2 is 1.92 bits per heavy atom. The fourth-order valence-corrected chi connectivity index (χ4v) is 3.81. The first-order chi connectivity index (χ1) is 11.7. The Morgan fingerprint density at radius 1 is 1.28 bits per heavy atom. The number of amides is 1. The van der Waals surface area contributed by atoms with Gasteiger partial charge in [0.2, 0.25) is 5.91 Å². The Kier molecular flexibility index (Phi) is 8.55. The van der Waals surface area contributed by atoms with E-state index >= 15 is 0 Å². The number of carbonyl (C=O) groups excluding carboxylic acids is 2. The fourth-order valence-electron chi connectivity index (χ4n) is 2.66. The number of aliphatic hydroxyl groups is 1. The van der Waals surface area contributed by atoms with Gasteiger partial charge in [0.25, 0.3) is 0 Å². The predicted molar refractivity (Wildman–Crippen MR) is 101 cm³/mol. The summed E-state index contributed by atoms with van der Waals surface area (Å²) in [6.07, 6.45) is 0.188. The van der Waals surface area contributed by atoms with Gasteiger partial charge in [0.05, 0.1) is 24.8 Å². The first-order valence-corrected chi connectivity index (χ1v) is 9.54. The number of hydrogen-bond donors (Lipinski definition) is 2. The van der Waals surface area contributed by atoms with Crippen LogP contribution in [0.5, 0.6) is 0 Å². The molecule has 6 nitrogen and oxygen atoms in total. The van der Waals surface area contributed by atoms with Crippen LogP contribution in [0.2, 0.25) is 0 Å². The van der Waals surface area contributed by atoms with E-state index in [1.165, 1.54) is 11.3 Å².